The number of hydrogen-bond acceptors (Lipinski definition) is 4. The van der Waals surface area contributed by atoms with E-state index in [9.17, 15) is 12.8 Å². The summed E-state index contributed by atoms with van der Waals surface area (Å²) >= 11 is 0. The van der Waals surface area contributed by atoms with Gasteiger partial charge in [0.2, 0.25) is 10.0 Å². The predicted molar refractivity (Wildman–Crippen MR) is 84.7 cm³/mol. The van der Waals surface area contributed by atoms with Crippen LogP contribution in [0.2, 0.25) is 0 Å². The summed E-state index contributed by atoms with van der Waals surface area (Å²) in [6.45, 7) is 1.57. The van der Waals surface area contributed by atoms with Crippen LogP contribution in [0.15, 0.2) is 41.3 Å². The van der Waals surface area contributed by atoms with Crippen molar-refractivity contribution in [1.82, 2.24) is 4.72 Å². The Bertz CT molecular complexity index is 806. The Morgan fingerprint density at radius 2 is 1.83 bits per heavy atom. The molecule has 2 aromatic rings. The van der Waals surface area contributed by atoms with Crippen LogP contribution in [0.25, 0.3) is 0 Å². The van der Waals surface area contributed by atoms with Gasteiger partial charge in [-0.05, 0) is 48.9 Å². The molecular formula is C16H18FNO4S. The molecule has 0 atom stereocenters. The molecule has 0 unspecified atom stereocenters. The Hall–Kier alpha value is -2.12. The van der Waals surface area contributed by atoms with E-state index < -0.39 is 15.8 Å². The summed E-state index contributed by atoms with van der Waals surface area (Å²) in [6.07, 6.45) is 0. The van der Waals surface area contributed by atoms with Crippen molar-refractivity contribution in [2.24, 2.45) is 0 Å². The molecule has 124 valence electrons. The maximum absolute atomic E-state index is 13.1. The number of benzene rings is 2. The molecule has 7 heteroatoms. The third-order valence-electron chi connectivity index (χ3n) is 3.37. The van der Waals surface area contributed by atoms with E-state index in [-0.39, 0.29) is 11.4 Å². The number of ether oxygens (including phenoxy) is 2. The number of hydrogen-bond donors (Lipinski definition) is 1. The SMILES string of the molecule is COc1ccc(OC)c(CNS(=O)(=O)c2ccc(F)cc2C)c1. The zero-order valence-corrected chi connectivity index (χ0v) is 13.9. The van der Waals surface area contributed by atoms with Gasteiger partial charge in [0, 0.05) is 12.1 Å². The maximum Gasteiger partial charge on any atom is 0.241 e. The number of halogens is 1. The van der Waals surface area contributed by atoms with E-state index in [1.165, 1.54) is 26.4 Å². The van der Waals surface area contributed by atoms with Gasteiger partial charge >= 0.3 is 0 Å². The van der Waals surface area contributed by atoms with E-state index in [1.54, 1.807) is 25.1 Å². The molecule has 0 spiro atoms. The molecule has 2 aromatic carbocycles. The highest BCUT2D eigenvalue weighted by molar-refractivity contribution is 7.89. The first-order chi connectivity index (χ1) is 10.9. The van der Waals surface area contributed by atoms with Crippen LogP contribution >= 0.6 is 0 Å². The highest BCUT2D eigenvalue weighted by atomic mass is 32.2. The predicted octanol–water partition coefficient (Wildman–Crippen LogP) is 2.63. The van der Waals surface area contributed by atoms with Crippen molar-refractivity contribution in [1.29, 1.82) is 0 Å². The zero-order chi connectivity index (χ0) is 17.0. The van der Waals surface area contributed by atoms with Gasteiger partial charge in [-0.15, -0.1) is 0 Å². The van der Waals surface area contributed by atoms with Gasteiger partial charge in [-0.1, -0.05) is 0 Å². The number of aryl methyl sites for hydroxylation is 1. The van der Waals surface area contributed by atoms with Crippen LogP contribution in [0.3, 0.4) is 0 Å². The number of rotatable bonds is 6. The number of nitrogens with one attached hydrogen (secondary N) is 1. The molecule has 2 rings (SSSR count). The molecule has 0 fully saturated rings. The third kappa shape index (κ3) is 4.00. The molecule has 0 bridgehead atoms. The van der Waals surface area contributed by atoms with Gasteiger partial charge in [-0.3, -0.25) is 0 Å². The van der Waals surface area contributed by atoms with Gasteiger partial charge in [0.05, 0.1) is 19.1 Å². The largest absolute Gasteiger partial charge is 0.497 e. The summed E-state index contributed by atoms with van der Waals surface area (Å²) in [5, 5.41) is 0. The van der Waals surface area contributed by atoms with E-state index in [1.807, 2.05) is 0 Å². The lowest BCUT2D eigenvalue weighted by atomic mass is 10.2. The van der Waals surface area contributed by atoms with Crippen molar-refractivity contribution in [3.8, 4) is 11.5 Å². The minimum Gasteiger partial charge on any atom is -0.497 e. The second-order valence-corrected chi connectivity index (χ2v) is 6.65. The summed E-state index contributed by atoms with van der Waals surface area (Å²) in [5.74, 6) is 0.665. The highest BCUT2D eigenvalue weighted by Gasteiger charge is 2.18. The van der Waals surface area contributed by atoms with Crippen molar-refractivity contribution in [3.63, 3.8) is 0 Å². The molecular weight excluding hydrogens is 321 g/mol. The molecule has 1 N–H and O–H groups in total. The van der Waals surface area contributed by atoms with E-state index in [4.69, 9.17) is 9.47 Å². The van der Waals surface area contributed by atoms with Gasteiger partial charge in [0.25, 0.3) is 0 Å². The van der Waals surface area contributed by atoms with Crippen molar-refractivity contribution < 1.29 is 22.3 Å². The molecule has 0 heterocycles. The Kier molecular flexibility index (Phi) is 5.23. The molecule has 0 aliphatic heterocycles. The van der Waals surface area contributed by atoms with Crippen molar-refractivity contribution >= 4 is 10.0 Å². The minimum absolute atomic E-state index is 0.0273. The lowest BCUT2D eigenvalue weighted by molar-refractivity contribution is 0.398. The van der Waals surface area contributed by atoms with Gasteiger partial charge in [0.15, 0.2) is 0 Å². The maximum atomic E-state index is 13.1. The van der Waals surface area contributed by atoms with Crippen molar-refractivity contribution in [3.05, 3.63) is 53.3 Å². The topological polar surface area (TPSA) is 64.6 Å². The Morgan fingerprint density at radius 3 is 2.43 bits per heavy atom. The molecule has 0 aromatic heterocycles. The summed E-state index contributed by atoms with van der Waals surface area (Å²) < 4.78 is 50.7. The van der Waals surface area contributed by atoms with Crippen LogP contribution in [0.5, 0.6) is 11.5 Å². The molecule has 5 nitrogen and oxygen atoms in total. The van der Waals surface area contributed by atoms with Crippen LogP contribution in [-0.4, -0.2) is 22.6 Å². The lowest BCUT2D eigenvalue weighted by Crippen LogP contribution is -2.24. The smallest absolute Gasteiger partial charge is 0.241 e. The quantitative estimate of drug-likeness (QED) is 0.879. The second-order valence-electron chi connectivity index (χ2n) is 4.91. The first-order valence-electron chi connectivity index (χ1n) is 6.84. The first kappa shape index (κ1) is 17.2. The molecule has 0 radical (unpaired) electrons. The van der Waals surface area contributed by atoms with E-state index >= 15 is 0 Å². The fraction of sp³-hybridized carbons (Fsp3) is 0.250. The molecule has 0 saturated heterocycles. The van der Waals surface area contributed by atoms with Crippen molar-refractivity contribution in [2.75, 3.05) is 14.2 Å². The summed E-state index contributed by atoms with van der Waals surface area (Å²) in [5.41, 5.74) is 0.977. The average Bonchev–Trinajstić information content (AvgIpc) is 2.52. The summed E-state index contributed by atoms with van der Waals surface area (Å²) in [6, 6.07) is 8.66. The van der Waals surface area contributed by atoms with Crippen LogP contribution in [-0.2, 0) is 16.6 Å². The minimum atomic E-state index is -3.76. The van der Waals surface area contributed by atoms with Crippen LogP contribution in [0, 0.1) is 12.7 Å². The number of methoxy groups -OCH3 is 2. The average molecular weight is 339 g/mol. The highest BCUT2D eigenvalue weighted by Crippen LogP contribution is 2.24. The van der Waals surface area contributed by atoms with Gasteiger partial charge < -0.3 is 9.47 Å². The zero-order valence-electron chi connectivity index (χ0n) is 13.1. The molecule has 0 saturated carbocycles. The van der Waals surface area contributed by atoms with Gasteiger partial charge in [-0.2, -0.15) is 0 Å². The molecule has 0 aliphatic rings. The van der Waals surface area contributed by atoms with Crippen LogP contribution in [0.4, 0.5) is 4.39 Å². The molecule has 0 amide bonds. The monoisotopic (exact) mass is 339 g/mol. The third-order valence-corrected chi connectivity index (χ3v) is 4.93. The Balaban J connectivity index is 2.25. The summed E-state index contributed by atoms with van der Waals surface area (Å²) in [7, 11) is -0.734. The standard InChI is InChI=1S/C16H18FNO4S/c1-11-8-13(17)4-7-16(11)23(19,20)18-10-12-9-14(21-2)5-6-15(12)22-3/h4-9,18H,10H2,1-3H3. The van der Waals surface area contributed by atoms with E-state index in [2.05, 4.69) is 4.72 Å². The second kappa shape index (κ2) is 6.97. The van der Waals surface area contributed by atoms with E-state index in [0.29, 0.717) is 22.6 Å². The Morgan fingerprint density at radius 1 is 1.09 bits per heavy atom. The van der Waals surface area contributed by atoms with E-state index in [0.717, 1.165) is 6.07 Å². The van der Waals surface area contributed by atoms with Crippen LogP contribution < -0.4 is 14.2 Å². The molecule has 23 heavy (non-hydrogen) atoms. The lowest BCUT2D eigenvalue weighted by Gasteiger charge is -2.13. The molecule has 0 aliphatic carbocycles. The fourth-order valence-corrected chi connectivity index (χ4v) is 3.42. The van der Waals surface area contributed by atoms with Crippen LogP contribution in [0.1, 0.15) is 11.1 Å². The first-order valence-corrected chi connectivity index (χ1v) is 8.32. The number of sulfonamides is 1. The Labute approximate surface area is 135 Å². The van der Waals surface area contributed by atoms with Gasteiger partial charge in [-0.25, -0.2) is 17.5 Å². The normalized spacial score (nSPS) is 11.3. The van der Waals surface area contributed by atoms with Crippen molar-refractivity contribution in [2.45, 2.75) is 18.4 Å². The fourth-order valence-electron chi connectivity index (χ4n) is 2.18. The van der Waals surface area contributed by atoms with Gasteiger partial charge in [0.1, 0.15) is 17.3 Å². The summed E-state index contributed by atoms with van der Waals surface area (Å²) in [4.78, 5) is 0.0424.